The van der Waals surface area contributed by atoms with Crippen molar-refractivity contribution in [2.75, 3.05) is 45.1 Å². The SMILES string of the molecule is CCN1CCC(N(C)CCNc2cccc(F)c2)CC1. The topological polar surface area (TPSA) is 18.5 Å². The molecule has 1 saturated heterocycles. The smallest absolute Gasteiger partial charge is 0.125 e. The van der Waals surface area contributed by atoms with Gasteiger partial charge < -0.3 is 15.1 Å². The highest BCUT2D eigenvalue weighted by molar-refractivity contribution is 5.42. The van der Waals surface area contributed by atoms with Crippen LogP contribution in [0.15, 0.2) is 24.3 Å². The van der Waals surface area contributed by atoms with Crippen LogP contribution in [0.5, 0.6) is 0 Å². The Labute approximate surface area is 121 Å². The zero-order chi connectivity index (χ0) is 14.4. The molecule has 1 heterocycles. The third kappa shape index (κ3) is 4.46. The number of likely N-dealkylation sites (tertiary alicyclic amines) is 1. The lowest BCUT2D eigenvalue weighted by Crippen LogP contribution is -2.44. The van der Waals surface area contributed by atoms with Crippen LogP contribution < -0.4 is 5.32 Å². The van der Waals surface area contributed by atoms with Crippen LogP contribution >= 0.6 is 0 Å². The highest BCUT2D eigenvalue weighted by Gasteiger charge is 2.20. The second-order valence-electron chi connectivity index (χ2n) is 5.58. The lowest BCUT2D eigenvalue weighted by Gasteiger charge is -2.36. The number of anilines is 1. The van der Waals surface area contributed by atoms with Crippen molar-refractivity contribution in [3.05, 3.63) is 30.1 Å². The summed E-state index contributed by atoms with van der Waals surface area (Å²) in [5.41, 5.74) is 0.860. The van der Waals surface area contributed by atoms with Gasteiger partial charge in [0.25, 0.3) is 0 Å². The fourth-order valence-corrected chi connectivity index (χ4v) is 2.83. The molecule has 1 aromatic carbocycles. The Morgan fingerprint density at radius 1 is 1.35 bits per heavy atom. The van der Waals surface area contributed by atoms with Crippen LogP contribution in [0.4, 0.5) is 10.1 Å². The van der Waals surface area contributed by atoms with Gasteiger partial charge in [-0.15, -0.1) is 0 Å². The predicted molar refractivity (Wildman–Crippen MR) is 82.7 cm³/mol. The third-order valence-corrected chi connectivity index (χ3v) is 4.25. The second-order valence-corrected chi connectivity index (χ2v) is 5.58. The van der Waals surface area contributed by atoms with E-state index >= 15 is 0 Å². The molecule has 2 rings (SSSR count). The Bertz CT molecular complexity index is 402. The van der Waals surface area contributed by atoms with Gasteiger partial charge in [0, 0.05) is 24.8 Å². The highest BCUT2D eigenvalue weighted by Crippen LogP contribution is 2.15. The van der Waals surface area contributed by atoms with Crippen molar-refractivity contribution in [1.82, 2.24) is 9.80 Å². The summed E-state index contributed by atoms with van der Waals surface area (Å²) in [7, 11) is 2.19. The van der Waals surface area contributed by atoms with Crippen LogP contribution in [0, 0.1) is 5.82 Å². The molecule has 1 aliphatic heterocycles. The second kappa shape index (κ2) is 7.60. The van der Waals surface area contributed by atoms with Gasteiger partial charge in [-0.05, 0) is 57.7 Å². The first-order valence-corrected chi connectivity index (χ1v) is 7.61. The molecule has 0 bridgehead atoms. The van der Waals surface area contributed by atoms with Gasteiger partial charge in [0.05, 0.1) is 0 Å². The monoisotopic (exact) mass is 279 g/mol. The van der Waals surface area contributed by atoms with Crippen molar-refractivity contribution in [1.29, 1.82) is 0 Å². The molecule has 1 fully saturated rings. The van der Waals surface area contributed by atoms with Crippen LogP contribution in [0.25, 0.3) is 0 Å². The summed E-state index contributed by atoms with van der Waals surface area (Å²) < 4.78 is 13.1. The Balaban J connectivity index is 1.69. The lowest BCUT2D eigenvalue weighted by molar-refractivity contribution is 0.135. The number of rotatable bonds is 6. The molecule has 0 amide bonds. The minimum absolute atomic E-state index is 0.185. The van der Waals surface area contributed by atoms with Gasteiger partial charge in [-0.25, -0.2) is 4.39 Å². The van der Waals surface area contributed by atoms with Crippen LogP contribution in [0.3, 0.4) is 0 Å². The first-order chi connectivity index (χ1) is 9.69. The van der Waals surface area contributed by atoms with Crippen molar-refractivity contribution < 1.29 is 4.39 Å². The van der Waals surface area contributed by atoms with E-state index in [0.29, 0.717) is 6.04 Å². The Hall–Kier alpha value is -1.13. The number of likely N-dealkylation sites (N-methyl/N-ethyl adjacent to an activating group) is 1. The van der Waals surface area contributed by atoms with Crippen molar-refractivity contribution in [3.63, 3.8) is 0 Å². The average molecular weight is 279 g/mol. The third-order valence-electron chi connectivity index (χ3n) is 4.25. The summed E-state index contributed by atoms with van der Waals surface area (Å²) in [6.45, 7) is 7.66. The van der Waals surface area contributed by atoms with E-state index < -0.39 is 0 Å². The van der Waals surface area contributed by atoms with Crippen molar-refractivity contribution in [2.45, 2.75) is 25.8 Å². The molecule has 4 heteroatoms. The number of benzene rings is 1. The van der Waals surface area contributed by atoms with Crippen molar-refractivity contribution >= 4 is 5.69 Å². The Kier molecular flexibility index (Phi) is 5.80. The summed E-state index contributed by atoms with van der Waals surface area (Å²) in [5, 5.41) is 3.28. The minimum Gasteiger partial charge on any atom is -0.384 e. The molecule has 0 spiro atoms. The maximum absolute atomic E-state index is 13.1. The Morgan fingerprint density at radius 3 is 2.75 bits per heavy atom. The van der Waals surface area contributed by atoms with Gasteiger partial charge in [0.2, 0.25) is 0 Å². The van der Waals surface area contributed by atoms with Gasteiger partial charge in [-0.3, -0.25) is 0 Å². The van der Waals surface area contributed by atoms with Gasteiger partial charge in [0.15, 0.2) is 0 Å². The van der Waals surface area contributed by atoms with Gasteiger partial charge in [-0.2, -0.15) is 0 Å². The number of hydrogen-bond donors (Lipinski definition) is 1. The maximum Gasteiger partial charge on any atom is 0.125 e. The van der Waals surface area contributed by atoms with E-state index in [0.717, 1.165) is 25.3 Å². The molecular weight excluding hydrogens is 253 g/mol. The molecule has 1 aromatic rings. The summed E-state index contributed by atoms with van der Waals surface area (Å²) in [6.07, 6.45) is 2.51. The largest absolute Gasteiger partial charge is 0.384 e. The number of halogens is 1. The van der Waals surface area contributed by atoms with E-state index in [-0.39, 0.29) is 5.82 Å². The molecule has 0 unspecified atom stereocenters. The maximum atomic E-state index is 13.1. The normalized spacial score (nSPS) is 17.6. The molecule has 0 atom stereocenters. The number of nitrogens with one attached hydrogen (secondary N) is 1. The van der Waals surface area contributed by atoms with E-state index in [1.807, 2.05) is 6.07 Å². The quantitative estimate of drug-likeness (QED) is 0.863. The predicted octanol–water partition coefficient (Wildman–Crippen LogP) is 2.65. The summed E-state index contributed by atoms with van der Waals surface area (Å²) >= 11 is 0. The van der Waals surface area contributed by atoms with Gasteiger partial charge >= 0.3 is 0 Å². The average Bonchev–Trinajstić information content (AvgIpc) is 2.47. The van der Waals surface area contributed by atoms with E-state index in [1.165, 1.54) is 32.0 Å². The van der Waals surface area contributed by atoms with E-state index in [9.17, 15) is 4.39 Å². The zero-order valence-electron chi connectivity index (χ0n) is 12.6. The lowest BCUT2D eigenvalue weighted by atomic mass is 10.0. The number of nitrogens with zero attached hydrogens (tertiary/aromatic N) is 2. The fraction of sp³-hybridized carbons (Fsp3) is 0.625. The summed E-state index contributed by atoms with van der Waals surface area (Å²) in [5.74, 6) is -0.185. The van der Waals surface area contributed by atoms with E-state index in [2.05, 4.69) is 29.1 Å². The molecule has 1 N–H and O–H groups in total. The molecular formula is C16H26FN3. The van der Waals surface area contributed by atoms with E-state index in [1.54, 1.807) is 12.1 Å². The first kappa shape index (κ1) is 15.3. The van der Waals surface area contributed by atoms with Crippen molar-refractivity contribution in [2.24, 2.45) is 0 Å². The van der Waals surface area contributed by atoms with Crippen LogP contribution in [-0.4, -0.2) is 55.6 Å². The highest BCUT2D eigenvalue weighted by atomic mass is 19.1. The molecule has 0 aromatic heterocycles. The summed E-state index contributed by atoms with van der Waals surface area (Å²) in [4.78, 5) is 4.94. The van der Waals surface area contributed by atoms with Crippen LogP contribution in [0.1, 0.15) is 19.8 Å². The molecule has 20 heavy (non-hydrogen) atoms. The molecule has 3 nitrogen and oxygen atoms in total. The molecule has 0 saturated carbocycles. The number of piperidine rings is 1. The summed E-state index contributed by atoms with van der Waals surface area (Å²) in [6, 6.07) is 7.34. The number of hydrogen-bond acceptors (Lipinski definition) is 3. The fourth-order valence-electron chi connectivity index (χ4n) is 2.83. The van der Waals surface area contributed by atoms with Crippen molar-refractivity contribution in [3.8, 4) is 0 Å². The van der Waals surface area contributed by atoms with Gasteiger partial charge in [-0.1, -0.05) is 13.0 Å². The van der Waals surface area contributed by atoms with Crippen LogP contribution in [0.2, 0.25) is 0 Å². The molecule has 0 radical (unpaired) electrons. The first-order valence-electron chi connectivity index (χ1n) is 7.61. The van der Waals surface area contributed by atoms with E-state index in [4.69, 9.17) is 0 Å². The molecule has 0 aliphatic carbocycles. The molecule has 1 aliphatic rings. The van der Waals surface area contributed by atoms with Crippen LogP contribution in [-0.2, 0) is 0 Å². The minimum atomic E-state index is -0.185. The Morgan fingerprint density at radius 2 is 2.10 bits per heavy atom. The van der Waals surface area contributed by atoms with Gasteiger partial charge in [0.1, 0.15) is 5.82 Å². The molecule has 112 valence electrons. The standard InChI is InChI=1S/C16H26FN3/c1-3-20-10-7-16(8-11-20)19(2)12-9-18-15-6-4-5-14(17)13-15/h4-6,13,16,18H,3,7-12H2,1-2H3. The zero-order valence-corrected chi connectivity index (χ0v) is 12.6.